The van der Waals surface area contributed by atoms with Crippen LogP contribution in [-0.4, -0.2) is 41.1 Å². The van der Waals surface area contributed by atoms with Gasteiger partial charge in [-0.2, -0.15) is 5.10 Å². The standard InChI is InChI=1S/C35H29BrN4O5S/c1-5-17-45-34(42)30-21(2)37-35-40(32(30)22-11-14-26(43-3)15-12-22)33(41)29(46-35)19-24-20-39(25-9-7-6-8-10-25)38-31(24)23-13-16-28(44-4)27(36)18-23/h5-16,18-20,32H,1,17H2,2-4H3/b29-19+/t32-/m0/s1. The summed E-state index contributed by atoms with van der Waals surface area (Å²) >= 11 is 4.84. The Morgan fingerprint density at radius 3 is 2.50 bits per heavy atom. The van der Waals surface area contributed by atoms with Crippen LogP contribution >= 0.6 is 27.3 Å². The van der Waals surface area contributed by atoms with Gasteiger partial charge in [0, 0.05) is 17.3 Å². The molecule has 3 heterocycles. The van der Waals surface area contributed by atoms with Gasteiger partial charge in [-0.1, -0.05) is 54.3 Å². The number of carbonyl (C=O) groups is 1. The number of fused-ring (bicyclic) bond motifs is 1. The zero-order valence-electron chi connectivity index (χ0n) is 25.3. The number of halogens is 1. The first kappa shape index (κ1) is 31.0. The van der Waals surface area contributed by atoms with Crippen LogP contribution in [0.15, 0.2) is 117 Å². The fourth-order valence-corrected chi connectivity index (χ4v) is 6.86. The number of allylic oxidation sites excluding steroid dienone is 1. The molecule has 0 spiro atoms. The van der Waals surface area contributed by atoms with Crippen LogP contribution in [0.2, 0.25) is 0 Å². The van der Waals surface area contributed by atoms with Gasteiger partial charge in [0.2, 0.25) is 0 Å². The Balaban J connectivity index is 1.55. The van der Waals surface area contributed by atoms with E-state index in [2.05, 4.69) is 22.5 Å². The lowest BCUT2D eigenvalue weighted by atomic mass is 9.96. The largest absolute Gasteiger partial charge is 0.497 e. The molecule has 0 N–H and O–H groups in total. The van der Waals surface area contributed by atoms with Crippen LogP contribution in [0.1, 0.15) is 24.1 Å². The molecule has 6 rings (SSSR count). The molecule has 0 aliphatic carbocycles. The zero-order valence-corrected chi connectivity index (χ0v) is 27.7. The predicted octanol–water partition coefficient (Wildman–Crippen LogP) is 5.60. The number of hydrogen-bond acceptors (Lipinski definition) is 8. The molecule has 0 saturated carbocycles. The maximum Gasteiger partial charge on any atom is 0.338 e. The number of hydrogen-bond donors (Lipinski definition) is 0. The van der Waals surface area contributed by atoms with Crippen molar-refractivity contribution in [2.75, 3.05) is 20.8 Å². The fraction of sp³-hybridized carbons (Fsp3) is 0.143. The summed E-state index contributed by atoms with van der Waals surface area (Å²) in [7, 11) is 3.19. The highest BCUT2D eigenvalue weighted by Gasteiger charge is 2.33. The number of nitrogens with zero attached hydrogens (tertiary/aromatic N) is 4. The van der Waals surface area contributed by atoms with E-state index >= 15 is 0 Å². The highest BCUT2D eigenvalue weighted by Crippen LogP contribution is 2.33. The van der Waals surface area contributed by atoms with Crippen molar-refractivity contribution >= 4 is 39.3 Å². The number of methoxy groups -OCH3 is 2. The molecule has 46 heavy (non-hydrogen) atoms. The van der Waals surface area contributed by atoms with E-state index in [0.29, 0.717) is 37.8 Å². The van der Waals surface area contributed by atoms with Crippen LogP contribution in [0.5, 0.6) is 11.5 Å². The molecule has 3 aromatic carbocycles. The topological polar surface area (TPSA) is 96.9 Å². The number of thiazole rings is 1. The van der Waals surface area contributed by atoms with Crippen molar-refractivity contribution in [1.82, 2.24) is 14.3 Å². The van der Waals surface area contributed by atoms with Crippen molar-refractivity contribution in [1.29, 1.82) is 0 Å². The van der Waals surface area contributed by atoms with E-state index in [1.807, 2.05) is 72.9 Å². The molecule has 9 nitrogen and oxygen atoms in total. The molecule has 0 amide bonds. The lowest BCUT2D eigenvalue weighted by Crippen LogP contribution is -2.39. The number of carbonyl (C=O) groups excluding carboxylic acids is 1. The monoisotopic (exact) mass is 696 g/mol. The average molecular weight is 698 g/mol. The third-order valence-electron chi connectivity index (χ3n) is 7.48. The van der Waals surface area contributed by atoms with Crippen LogP contribution < -0.4 is 24.4 Å². The fourth-order valence-electron chi connectivity index (χ4n) is 5.28. The number of esters is 1. The Kier molecular flexibility index (Phi) is 8.87. The van der Waals surface area contributed by atoms with E-state index in [-0.39, 0.29) is 17.7 Å². The summed E-state index contributed by atoms with van der Waals surface area (Å²) in [5.74, 6) is 0.783. The van der Waals surface area contributed by atoms with Gasteiger partial charge in [-0.15, -0.1) is 0 Å². The third-order valence-corrected chi connectivity index (χ3v) is 9.08. The number of para-hydroxylation sites is 1. The van der Waals surface area contributed by atoms with Gasteiger partial charge in [-0.25, -0.2) is 14.5 Å². The Morgan fingerprint density at radius 1 is 1.07 bits per heavy atom. The minimum atomic E-state index is -0.759. The number of rotatable bonds is 9. The molecule has 0 radical (unpaired) electrons. The lowest BCUT2D eigenvalue weighted by Gasteiger charge is -2.24. The average Bonchev–Trinajstić information content (AvgIpc) is 3.63. The second-order valence-electron chi connectivity index (χ2n) is 10.3. The number of benzene rings is 3. The molecule has 232 valence electrons. The Morgan fingerprint density at radius 2 is 1.83 bits per heavy atom. The van der Waals surface area contributed by atoms with Crippen LogP contribution in [0.3, 0.4) is 0 Å². The van der Waals surface area contributed by atoms with Crippen LogP contribution in [0.25, 0.3) is 23.0 Å². The van der Waals surface area contributed by atoms with Crippen LogP contribution in [-0.2, 0) is 9.53 Å². The minimum absolute atomic E-state index is 0.0328. The zero-order chi connectivity index (χ0) is 32.4. The van der Waals surface area contributed by atoms with E-state index in [9.17, 15) is 9.59 Å². The van der Waals surface area contributed by atoms with Crippen molar-refractivity contribution < 1.29 is 19.0 Å². The molecule has 0 unspecified atom stereocenters. The van der Waals surface area contributed by atoms with Crippen molar-refractivity contribution in [3.05, 3.63) is 138 Å². The van der Waals surface area contributed by atoms with Gasteiger partial charge in [0.25, 0.3) is 5.56 Å². The van der Waals surface area contributed by atoms with Crippen molar-refractivity contribution in [2.24, 2.45) is 4.99 Å². The highest BCUT2D eigenvalue weighted by molar-refractivity contribution is 9.10. The quantitative estimate of drug-likeness (QED) is 0.147. The van der Waals surface area contributed by atoms with Crippen LogP contribution in [0.4, 0.5) is 0 Å². The van der Waals surface area contributed by atoms with Crippen molar-refractivity contribution in [2.45, 2.75) is 13.0 Å². The first-order valence-corrected chi connectivity index (χ1v) is 15.9. The summed E-state index contributed by atoms with van der Waals surface area (Å²) < 4.78 is 20.8. The molecule has 11 heteroatoms. The second-order valence-corrected chi connectivity index (χ2v) is 12.2. The molecule has 1 aliphatic heterocycles. The molecular weight excluding hydrogens is 668 g/mol. The summed E-state index contributed by atoms with van der Waals surface area (Å²) in [6.45, 7) is 5.43. The molecule has 1 aliphatic rings. The number of aromatic nitrogens is 3. The molecule has 1 atom stereocenters. The van der Waals surface area contributed by atoms with E-state index in [4.69, 9.17) is 24.3 Å². The SMILES string of the molecule is C=CCOC(=O)C1=C(C)N=c2s/c(=C/c3cn(-c4ccccc4)nc3-c3ccc(OC)c(Br)c3)c(=O)n2[C@H]1c1ccc(OC)cc1. The molecule has 5 aromatic rings. The van der Waals surface area contributed by atoms with Crippen molar-refractivity contribution in [3.8, 4) is 28.4 Å². The van der Waals surface area contributed by atoms with Gasteiger partial charge in [-0.05, 0) is 77.0 Å². The summed E-state index contributed by atoms with van der Waals surface area (Å²) in [4.78, 5) is 32.8. The van der Waals surface area contributed by atoms with Gasteiger partial charge < -0.3 is 14.2 Å². The third kappa shape index (κ3) is 5.86. The first-order chi connectivity index (χ1) is 22.3. The Bertz CT molecular complexity index is 2160. The van der Waals surface area contributed by atoms with Crippen molar-refractivity contribution in [3.63, 3.8) is 0 Å². The molecule has 0 saturated heterocycles. The summed E-state index contributed by atoms with van der Waals surface area (Å²) in [5.41, 5.74) is 4.29. The molecule has 0 fully saturated rings. The minimum Gasteiger partial charge on any atom is -0.497 e. The highest BCUT2D eigenvalue weighted by atomic mass is 79.9. The normalized spacial score (nSPS) is 14.4. The van der Waals surface area contributed by atoms with Gasteiger partial charge in [0.15, 0.2) is 4.80 Å². The summed E-state index contributed by atoms with van der Waals surface area (Å²) in [6.07, 6.45) is 5.22. The van der Waals surface area contributed by atoms with Gasteiger partial charge in [0.1, 0.15) is 23.8 Å². The first-order valence-electron chi connectivity index (χ1n) is 14.3. The molecular formula is C35H29BrN4O5S. The second kappa shape index (κ2) is 13.2. The summed E-state index contributed by atoms with van der Waals surface area (Å²) in [5, 5.41) is 4.92. The Labute approximate surface area is 277 Å². The van der Waals surface area contributed by atoms with E-state index < -0.39 is 12.0 Å². The van der Waals surface area contributed by atoms with E-state index in [1.54, 1.807) is 42.5 Å². The summed E-state index contributed by atoms with van der Waals surface area (Å²) in [6, 6.07) is 22.0. The van der Waals surface area contributed by atoms with E-state index in [1.165, 1.54) is 17.4 Å². The van der Waals surface area contributed by atoms with Crippen LogP contribution in [0, 0.1) is 0 Å². The maximum absolute atomic E-state index is 14.3. The Hall–Kier alpha value is -5.00. The van der Waals surface area contributed by atoms with Gasteiger partial charge >= 0.3 is 5.97 Å². The molecule has 2 aromatic heterocycles. The van der Waals surface area contributed by atoms with Gasteiger partial charge in [-0.3, -0.25) is 9.36 Å². The maximum atomic E-state index is 14.3. The predicted molar refractivity (Wildman–Crippen MR) is 181 cm³/mol. The lowest BCUT2D eigenvalue weighted by molar-refractivity contribution is -0.138. The smallest absolute Gasteiger partial charge is 0.338 e. The molecule has 0 bridgehead atoms. The van der Waals surface area contributed by atoms with E-state index in [0.717, 1.165) is 21.3 Å². The van der Waals surface area contributed by atoms with Gasteiger partial charge in [0.05, 0.1) is 46.2 Å². The number of ether oxygens (including phenoxy) is 3.